The minimum Gasteiger partial charge on any atom is -0.456 e. The standard InChI is InChI=1S/C17H11ClFN3O2/c18-11-7-12(22-17(23)16-15(19)4-2-6-21-16)9-14(8-11)24-13-3-1-5-20-10-13/h1-10H,(H,22,23). The van der Waals surface area contributed by atoms with Gasteiger partial charge in [0.15, 0.2) is 11.5 Å². The van der Waals surface area contributed by atoms with Crippen molar-refractivity contribution in [2.75, 3.05) is 5.32 Å². The van der Waals surface area contributed by atoms with E-state index in [1.54, 1.807) is 36.7 Å². The molecule has 0 aliphatic carbocycles. The van der Waals surface area contributed by atoms with Gasteiger partial charge in [0, 0.05) is 29.2 Å². The van der Waals surface area contributed by atoms with Crippen LogP contribution < -0.4 is 10.1 Å². The van der Waals surface area contributed by atoms with Crippen molar-refractivity contribution in [3.05, 3.63) is 77.6 Å². The fraction of sp³-hybridized carbons (Fsp3) is 0. The van der Waals surface area contributed by atoms with E-state index < -0.39 is 11.7 Å². The lowest BCUT2D eigenvalue weighted by atomic mass is 10.2. The number of halogens is 2. The highest BCUT2D eigenvalue weighted by molar-refractivity contribution is 6.31. The van der Waals surface area contributed by atoms with Crippen LogP contribution in [-0.2, 0) is 0 Å². The van der Waals surface area contributed by atoms with E-state index in [9.17, 15) is 9.18 Å². The molecular formula is C17H11ClFN3O2. The average molecular weight is 344 g/mol. The van der Waals surface area contributed by atoms with Crippen LogP contribution in [0.3, 0.4) is 0 Å². The number of nitrogens with one attached hydrogen (secondary N) is 1. The third-order valence-electron chi connectivity index (χ3n) is 2.97. The van der Waals surface area contributed by atoms with Gasteiger partial charge in [-0.05, 0) is 36.4 Å². The Morgan fingerprint density at radius 2 is 1.96 bits per heavy atom. The van der Waals surface area contributed by atoms with Gasteiger partial charge in [0.2, 0.25) is 0 Å². The van der Waals surface area contributed by atoms with Crippen molar-refractivity contribution in [3.63, 3.8) is 0 Å². The molecule has 1 amide bonds. The van der Waals surface area contributed by atoms with E-state index in [1.807, 2.05) is 0 Å². The van der Waals surface area contributed by atoms with E-state index >= 15 is 0 Å². The second kappa shape index (κ2) is 7.06. The Labute approximate surface area is 142 Å². The Balaban J connectivity index is 1.81. The van der Waals surface area contributed by atoms with E-state index in [-0.39, 0.29) is 5.69 Å². The Morgan fingerprint density at radius 3 is 2.71 bits per heavy atom. The number of hydrogen-bond acceptors (Lipinski definition) is 4. The molecule has 0 bridgehead atoms. The van der Waals surface area contributed by atoms with Gasteiger partial charge in [-0.15, -0.1) is 0 Å². The van der Waals surface area contributed by atoms with Crippen molar-refractivity contribution >= 4 is 23.2 Å². The van der Waals surface area contributed by atoms with Crippen LogP contribution in [0, 0.1) is 5.82 Å². The number of nitrogens with zero attached hydrogens (tertiary/aromatic N) is 2. The highest BCUT2D eigenvalue weighted by Crippen LogP contribution is 2.28. The van der Waals surface area contributed by atoms with Crippen molar-refractivity contribution in [1.29, 1.82) is 0 Å². The van der Waals surface area contributed by atoms with Crippen LogP contribution in [-0.4, -0.2) is 15.9 Å². The molecule has 0 atom stereocenters. The number of aromatic nitrogens is 2. The number of carbonyl (C=O) groups excluding carboxylic acids is 1. The van der Waals surface area contributed by atoms with Gasteiger partial charge in [-0.1, -0.05) is 11.6 Å². The summed E-state index contributed by atoms with van der Waals surface area (Å²) in [5.74, 6) is -0.452. The van der Waals surface area contributed by atoms with Gasteiger partial charge in [-0.3, -0.25) is 9.78 Å². The largest absolute Gasteiger partial charge is 0.456 e. The normalized spacial score (nSPS) is 10.2. The Bertz CT molecular complexity index is 875. The minimum absolute atomic E-state index is 0.299. The smallest absolute Gasteiger partial charge is 0.277 e. The monoisotopic (exact) mass is 343 g/mol. The first kappa shape index (κ1) is 15.9. The molecule has 0 unspecified atom stereocenters. The summed E-state index contributed by atoms with van der Waals surface area (Å²) in [6.45, 7) is 0. The zero-order valence-corrected chi connectivity index (χ0v) is 13.0. The van der Waals surface area contributed by atoms with Crippen LogP contribution in [0.1, 0.15) is 10.5 Å². The maximum Gasteiger partial charge on any atom is 0.277 e. The predicted octanol–water partition coefficient (Wildman–Crippen LogP) is 4.31. The van der Waals surface area contributed by atoms with Crippen molar-refractivity contribution < 1.29 is 13.9 Å². The van der Waals surface area contributed by atoms with Gasteiger partial charge in [-0.25, -0.2) is 9.37 Å². The number of carbonyl (C=O) groups is 1. The number of rotatable bonds is 4. The molecule has 1 N–H and O–H groups in total. The summed E-state index contributed by atoms with van der Waals surface area (Å²) in [4.78, 5) is 19.8. The molecule has 0 saturated heterocycles. The van der Waals surface area contributed by atoms with E-state index in [2.05, 4.69) is 15.3 Å². The quantitative estimate of drug-likeness (QED) is 0.766. The number of anilines is 1. The minimum atomic E-state index is -0.705. The molecule has 0 spiro atoms. The van der Waals surface area contributed by atoms with Crippen molar-refractivity contribution in [3.8, 4) is 11.5 Å². The third-order valence-corrected chi connectivity index (χ3v) is 3.19. The zero-order chi connectivity index (χ0) is 16.9. The molecular weight excluding hydrogens is 333 g/mol. The maximum absolute atomic E-state index is 13.6. The van der Waals surface area contributed by atoms with Crippen LogP contribution >= 0.6 is 11.6 Å². The average Bonchev–Trinajstić information content (AvgIpc) is 2.55. The number of pyridine rings is 2. The molecule has 0 aliphatic heterocycles. The summed E-state index contributed by atoms with van der Waals surface area (Å²) < 4.78 is 19.2. The van der Waals surface area contributed by atoms with Gasteiger partial charge in [0.25, 0.3) is 5.91 Å². The second-order valence-electron chi connectivity index (χ2n) is 4.75. The van der Waals surface area contributed by atoms with Gasteiger partial charge in [0.1, 0.15) is 11.5 Å². The molecule has 0 radical (unpaired) electrons. The Hall–Kier alpha value is -2.99. The lowest BCUT2D eigenvalue weighted by Gasteiger charge is -2.10. The van der Waals surface area contributed by atoms with Crippen molar-refractivity contribution in [1.82, 2.24) is 9.97 Å². The number of amides is 1. The molecule has 5 nitrogen and oxygen atoms in total. The van der Waals surface area contributed by atoms with E-state index in [0.29, 0.717) is 22.2 Å². The first-order chi connectivity index (χ1) is 11.6. The fourth-order valence-corrected chi connectivity index (χ4v) is 2.21. The SMILES string of the molecule is O=C(Nc1cc(Cl)cc(Oc2cccnc2)c1)c1ncccc1F. The molecule has 0 aliphatic rings. The van der Waals surface area contributed by atoms with Crippen molar-refractivity contribution in [2.45, 2.75) is 0 Å². The second-order valence-corrected chi connectivity index (χ2v) is 5.19. The molecule has 0 fully saturated rings. The zero-order valence-electron chi connectivity index (χ0n) is 12.2. The van der Waals surface area contributed by atoms with Gasteiger partial charge in [0.05, 0.1) is 6.20 Å². The molecule has 3 rings (SSSR count). The van der Waals surface area contributed by atoms with Crippen molar-refractivity contribution in [2.24, 2.45) is 0 Å². The Morgan fingerprint density at radius 1 is 1.12 bits per heavy atom. The van der Waals surface area contributed by atoms with Gasteiger partial charge in [-0.2, -0.15) is 0 Å². The molecule has 3 aromatic rings. The van der Waals surface area contributed by atoms with Crippen LogP contribution in [0.2, 0.25) is 5.02 Å². The summed E-state index contributed by atoms with van der Waals surface area (Å²) in [5.41, 5.74) is 0.0589. The van der Waals surface area contributed by atoms with E-state index in [4.69, 9.17) is 16.3 Å². The maximum atomic E-state index is 13.6. The van der Waals surface area contributed by atoms with Gasteiger partial charge < -0.3 is 10.1 Å². The first-order valence-corrected chi connectivity index (χ1v) is 7.30. The molecule has 7 heteroatoms. The van der Waals surface area contributed by atoms with Crippen LogP contribution in [0.5, 0.6) is 11.5 Å². The summed E-state index contributed by atoms with van der Waals surface area (Å²) in [6, 6.07) is 10.7. The highest BCUT2D eigenvalue weighted by atomic mass is 35.5. The van der Waals surface area contributed by atoms with Gasteiger partial charge >= 0.3 is 0 Å². The molecule has 1 aromatic carbocycles. The molecule has 120 valence electrons. The first-order valence-electron chi connectivity index (χ1n) is 6.92. The number of ether oxygens (including phenoxy) is 1. The third kappa shape index (κ3) is 3.85. The summed E-state index contributed by atoms with van der Waals surface area (Å²) in [5, 5.41) is 2.90. The lowest BCUT2D eigenvalue weighted by molar-refractivity contribution is 0.101. The van der Waals surface area contributed by atoms with Crippen LogP contribution in [0.15, 0.2) is 61.1 Å². The summed E-state index contributed by atoms with van der Waals surface area (Å²) >= 11 is 6.04. The highest BCUT2D eigenvalue weighted by Gasteiger charge is 2.13. The van der Waals surface area contributed by atoms with Crippen LogP contribution in [0.25, 0.3) is 0 Å². The van der Waals surface area contributed by atoms with Crippen LogP contribution in [0.4, 0.5) is 10.1 Å². The summed E-state index contributed by atoms with van der Waals surface area (Å²) in [7, 11) is 0. The number of benzene rings is 1. The molecule has 2 aromatic heterocycles. The molecule has 2 heterocycles. The predicted molar refractivity (Wildman–Crippen MR) is 87.9 cm³/mol. The lowest BCUT2D eigenvalue weighted by Crippen LogP contribution is -2.15. The fourth-order valence-electron chi connectivity index (χ4n) is 1.98. The summed E-state index contributed by atoms with van der Waals surface area (Å²) in [6.07, 6.45) is 4.51. The molecule has 0 saturated carbocycles. The number of hydrogen-bond donors (Lipinski definition) is 1. The molecule has 24 heavy (non-hydrogen) atoms. The Kier molecular flexibility index (Phi) is 4.67. The van der Waals surface area contributed by atoms with E-state index in [1.165, 1.54) is 18.3 Å². The van der Waals surface area contributed by atoms with E-state index in [0.717, 1.165) is 6.07 Å². The topological polar surface area (TPSA) is 64.1 Å².